The van der Waals surface area contributed by atoms with E-state index in [0.29, 0.717) is 12.3 Å². The van der Waals surface area contributed by atoms with Crippen LogP contribution >= 0.6 is 0 Å². The standard InChI is InChI=1S/C15H23NO2/c1-3-4-5-6-12(2)11-15(18)16-13-7-9-14(17)10-8-13/h7-10,12,17H,3-6,11H2,1-2H3,(H,16,18). The normalized spacial score (nSPS) is 12.1. The number of hydrogen-bond donors (Lipinski definition) is 2. The van der Waals surface area contributed by atoms with Crippen LogP contribution in [0, 0.1) is 5.92 Å². The summed E-state index contributed by atoms with van der Waals surface area (Å²) in [7, 11) is 0. The van der Waals surface area contributed by atoms with Gasteiger partial charge in [-0.3, -0.25) is 4.79 Å². The Balaban J connectivity index is 2.30. The maximum absolute atomic E-state index is 11.8. The quantitative estimate of drug-likeness (QED) is 0.568. The van der Waals surface area contributed by atoms with Crippen molar-refractivity contribution in [3.8, 4) is 5.75 Å². The van der Waals surface area contributed by atoms with Crippen molar-refractivity contribution in [1.29, 1.82) is 0 Å². The van der Waals surface area contributed by atoms with Crippen LogP contribution in [0.25, 0.3) is 0 Å². The molecule has 0 spiro atoms. The first-order valence-corrected chi connectivity index (χ1v) is 6.70. The predicted molar refractivity (Wildman–Crippen MR) is 74.7 cm³/mol. The van der Waals surface area contributed by atoms with Crippen molar-refractivity contribution < 1.29 is 9.90 Å². The molecule has 0 aliphatic carbocycles. The van der Waals surface area contributed by atoms with Crippen LogP contribution in [0.5, 0.6) is 5.75 Å². The van der Waals surface area contributed by atoms with Gasteiger partial charge in [0.15, 0.2) is 0 Å². The fourth-order valence-electron chi connectivity index (χ4n) is 1.92. The number of rotatable bonds is 7. The van der Waals surface area contributed by atoms with Crippen molar-refractivity contribution in [2.75, 3.05) is 5.32 Å². The SMILES string of the molecule is CCCCCC(C)CC(=O)Nc1ccc(O)cc1. The molecule has 0 aromatic heterocycles. The van der Waals surface area contributed by atoms with Crippen LogP contribution in [0.15, 0.2) is 24.3 Å². The lowest BCUT2D eigenvalue weighted by Crippen LogP contribution is -2.15. The summed E-state index contributed by atoms with van der Waals surface area (Å²) in [6.45, 7) is 4.30. The van der Waals surface area contributed by atoms with Crippen LogP contribution in [0.4, 0.5) is 5.69 Å². The number of hydrogen-bond acceptors (Lipinski definition) is 2. The predicted octanol–water partition coefficient (Wildman–Crippen LogP) is 3.94. The van der Waals surface area contributed by atoms with Gasteiger partial charge in [-0.2, -0.15) is 0 Å². The van der Waals surface area contributed by atoms with Gasteiger partial charge in [0.05, 0.1) is 0 Å². The Morgan fingerprint density at radius 1 is 1.28 bits per heavy atom. The summed E-state index contributed by atoms with van der Waals surface area (Å²) in [5.41, 5.74) is 0.735. The molecule has 0 aliphatic rings. The molecule has 1 atom stereocenters. The van der Waals surface area contributed by atoms with Crippen LogP contribution in [0.2, 0.25) is 0 Å². The van der Waals surface area contributed by atoms with Crippen molar-refractivity contribution in [3.05, 3.63) is 24.3 Å². The smallest absolute Gasteiger partial charge is 0.224 e. The van der Waals surface area contributed by atoms with Crippen molar-refractivity contribution in [1.82, 2.24) is 0 Å². The summed E-state index contributed by atoms with van der Waals surface area (Å²) in [5.74, 6) is 0.680. The van der Waals surface area contributed by atoms with E-state index in [0.717, 1.165) is 12.1 Å². The number of phenols is 1. The maximum atomic E-state index is 11.8. The molecule has 2 N–H and O–H groups in total. The Bertz CT molecular complexity index is 359. The number of carbonyl (C=O) groups excluding carboxylic acids is 1. The van der Waals surface area contributed by atoms with E-state index >= 15 is 0 Å². The fourth-order valence-corrected chi connectivity index (χ4v) is 1.92. The molecule has 1 aromatic carbocycles. The number of benzene rings is 1. The summed E-state index contributed by atoms with van der Waals surface area (Å²) in [6.07, 6.45) is 5.32. The second-order valence-corrected chi connectivity index (χ2v) is 4.90. The van der Waals surface area contributed by atoms with E-state index in [1.165, 1.54) is 19.3 Å². The van der Waals surface area contributed by atoms with Crippen molar-refractivity contribution in [2.45, 2.75) is 46.0 Å². The molecule has 0 heterocycles. The number of carbonyl (C=O) groups is 1. The second kappa shape index (κ2) is 7.75. The molecule has 0 saturated heterocycles. The van der Waals surface area contributed by atoms with Gasteiger partial charge < -0.3 is 10.4 Å². The Morgan fingerprint density at radius 3 is 2.56 bits per heavy atom. The molecule has 18 heavy (non-hydrogen) atoms. The zero-order valence-electron chi connectivity index (χ0n) is 11.3. The van der Waals surface area contributed by atoms with Gasteiger partial charge >= 0.3 is 0 Å². The van der Waals surface area contributed by atoms with E-state index in [1.54, 1.807) is 24.3 Å². The lowest BCUT2D eigenvalue weighted by atomic mass is 9.99. The zero-order chi connectivity index (χ0) is 13.4. The van der Waals surface area contributed by atoms with Crippen molar-refractivity contribution in [3.63, 3.8) is 0 Å². The third kappa shape index (κ3) is 5.71. The maximum Gasteiger partial charge on any atom is 0.224 e. The molecule has 1 aromatic rings. The first-order valence-electron chi connectivity index (χ1n) is 6.70. The van der Waals surface area contributed by atoms with Gasteiger partial charge in [-0.15, -0.1) is 0 Å². The van der Waals surface area contributed by atoms with E-state index in [1.807, 2.05) is 0 Å². The Kier molecular flexibility index (Phi) is 6.26. The average molecular weight is 249 g/mol. The minimum atomic E-state index is 0.0460. The summed E-state index contributed by atoms with van der Waals surface area (Å²) in [6, 6.07) is 6.55. The molecule has 0 radical (unpaired) electrons. The van der Waals surface area contributed by atoms with Crippen LogP contribution in [-0.4, -0.2) is 11.0 Å². The molecular weight excluding hydrogens is 226 g/mol. The zero-order valence-corrected chi connectivity index (χ0v) is 11.3. The minimum Gasteiger partial charge on any atom is -0.508 e. The first-order chi connectivity index (χ1) is 8.61. The topological polar surface area (TPSA) is 49.3 Å². The van der Waals surface area contributed by atoms with E-state index in [9.17, 15) is 4.79 Å². The van der Waals surface area contributed by atoms with Crippen LogP contribution in [0.3, 0.4) is 0 Å². The molecule has 1 amide bonds. The third-order valence-electron chi connectivity index (χ3n) is 2.99. The van der Waals surface area contributed by atoms with E-state index < -0.39 is 0 Å². The van der Waals surface area contributed by atoms with Gasteiger partial charge in [0.1, 0.15) is 5.75 Å². The van der Waals surface area contributed by atoms with Crippen molar-refractivity contribution in [2.24, 2.45) is 5.92 Å². The summed E-state index contributed by atoms with van der Waals surface area (Å²) in [4.78, 5) is 11.8. The highest BCUT2D eigenvalue weighted by Gasteiger charge is 2.09. The number of amides is 1. The van der Waals surface area contributed by atoms with E-state index in [2.05, 4.69) is 19.2 Å². The highest BCUT2D eigenvalue weighted by atomic mass is 16.3. The largest absolute Gasteiger partial charge is 0.508 e. The van der Waals surface area contributed by atoms with Crippen LogP contribution in [0.1, 0.15) is 46.0 Å². The Labute approximate surface area is 109 Å². The molecule has 0 bridgehead atoms. The highest BCUT2D eigenvalue weighted by molar-refractivity contribution is 5.90. The third-order valence-corrected chi connectivity index (χ3v) is 2.99. The highest BCUT2D eigenvalue weighted by Crippen LogP contribution is 2.16. The van der Waals surface area contributed by atoms with E-state index in [-0.39, 0.29) is 11.7 Å². The lowest BCUT2D eigenvalue weighted by molar-refractivity contribution is -0.117. The summed E-state index contributed by atoms with van der Waals surface area (Å²) >= 11 is 0. The molecule has 0 aliphatic heterocycles. The fraction of sp³-hybridized carbons (Fsp3) is 0.533. The second-order valence-electron chi connectivity index (χ2n) is 4.90. The number of unbranched alkanes of at least 4 members (excludes halogenated alkanes) is 2. The molecule has 3 nitrogen and oxygen atoms in total. The van der Waals surface area contributed by atoms with Gasteiger partial charge in [-0.05, 0) is 30.2 Å². The van der Waals surface area contributed by atoms with Gasteiger partial charge in [0.2, 0.25) is 5.91 Å². The number of aromatic hydroxyl groups is 1. The Hall–Kier alpha value is -1.51. The van der Waals surface area contributed by atoms with E-state index in [4.69, 9.17) is 5.11 Å². The number of anilines is 1. The van der Waals surface area contributed by atoms with Crippen LogP contribution in [-0.2, 0) is 4.79 Å². The molecule has 1 rings (SSSR count). The average Bonchev–Trinajstić information content (AvgIpc) is 2.32. The number of phenolic OH excluding ortho intramolecular Hbond substituents is 1. The van der Waals surface area contributed by atoms with Gasteiger partial charge in [-0.25, -0.2) is 0 Å². The monoisotopic (exact) mass is 249 g/mol. The van der Waals surface area contributed by atoms with Crippen LogP contribution < -0.4 is 5.32 Å². The van der Waals surface area contributed by atoms with Crippen molar-refractivity contribution >= 4 is 11.6 Å². The molecule has 0 saturated carbocycles. The minimum absolute atomic E-state index is 0.0460. The molecular formula is C15H23NO2. The Morgan fingerprint density at radius 2 is 1.94 bits per heavy atom. The molecule has 100 valence electrons. The number of nitrogens with one attached hydrogen (secondary N) is 1. The molecule has 3 heteroatoms. The first kappa shape index (κ1) is 14.6. The molecule has 1 unspecified atom stereocenters. The molecule has 0 fully saturated rings. The lowest BCUT2D eigenvalue weighted by Gasteiger charge is -2.11. The summed E-state index contributed by atoms with van der Waals surface area (Å²) < 4.78 is 0. The summed E-state index contributed by atoms with van der Waals surface area (Å²) in [5, 5.41) is 12.0. The van der Waals surface area contributed by atoms with Gasteiger partial charge in [0.25, 0.3) is 0 Å². The van der Waals surface area contributed by atoms with Gasteiger partial charge in [-0.1, -0.05) is 39.5 Å². The van der Waals surface area contributed by atoms with Gasteiger partial charge in [0, 0.05) is 12.1 Å².